The third kappa shape index (κ3) is 4.96. The van der Waals surface area contributed by atoms with Crippen molar-refractivity contribution < 1.29 is 14.6 Å². The topological polar surface area (TPSA) is 72.5 Å². The van der Waals surface area contributed by atoms with Crippen LogP contribution in [0.3, 0.4) is 0 Å². The number of halogens is 2. The third-order valence-corrected chi connectivity index (χ3v) is 3.79. The third-order valence-electron chi connectivity index (χ3n) is 2.34. The molecule has 0 aromatic heterocycles. The first kappa shape index (κ1) is 15.5. The zero-order valence-corrected chi connectivity index (χ0v) is 12.9. The lowest BCUT2D eigenvalue weighted by molar-refractivity contribution is -0.138. The summed E-state index contributed by atoms with van der Waals surface area (Å²) in [5.74, 6) is -0.236. The van der Waals surface area contributed by atoms with Crippen molar-refractivity contribution in [2.45, 2.75) is 18.6 Å². The van der Waals surface area contributed by atoms with E-state index in [1.165, 1.54) is 0 Å². The lowest BCUT2D eigenvalue weighted by Crippen LogP contribution is -2.32. The molecule has 0 heterocycles. The molecule has 1 aromatic carbocycles. The standard InChI is InChI=1S/C12H15Br2NO3/c13-6-10(7-14)18-9-3-1-8(2-4-9)5-11(15)12(16)17/h1-4,10-11H,5-7,15H2,(H,16,17)/t11-/m0/s1. The lowest BCUT2D eigenvalue weighted by atomic mass is 10.1. The maximum atomic E-state index is 10.6. The average molecular weight is 381 g/mol. The van der Waals surface area contributed by atoms with E-state index in [0.29, 0.717) is 6.42 Å². The minimum absolute atomic E-state index is 0.0668. The number of ether oxygens (including phenoxy) is 1. The quantitative estimate of drug-likeness (QED) is 0.711. The summed E-state index contributed by atoms with van der Waals surface area (Å²) in [5, 5.41) is 10.2. The van der Waals surface area contributed by atoms with Gasteiger partial charge in [-0.1, -0.05) is 44.0 Å². The Bertz CT molecular complexity index is 379. The van der Waals surface area contributed by atoms with Crippen LogP contribution >= 0.6 is 31.9 Å². The first-order valence-electron chi connectivity index (χ1n) is 5.42. The minimum Gasteiger partial charge on any atom is -0.489 e. The summed E-state index contributed by atoms with van der Waals surface area (Å²) in [6.45, 7) is 0. The molecule has 0 saturated heterocycles. The summed E-state index contributed by atoms with van der Waals surface area (Å²) in [4.78, 5) is 10.6. The van der Waals surface area contributed by atoms with Gasteiger partial charge in [0.05, 0.1) is 0 Å². The number of alkyl halides is 2. The van der Waals surface area contributed by atoms with Crippen LogP contribution in [-0.2, 0) is 11.2 Å². The maximum Gasteiger partial charge on any atom is 0.320 e. The van der Waals surface area contributed by atoms with E-state index in [1.807, 2.05) is 24.3 Å². The molecule has 0 spiro atoms. The zero-order valence-electron chi connectivity index (χ0n) is 9.68. The van der Waals surface area contributed by atoms with Gasteiger partial charge in [0.25, 0.3) is 0 Å². The van der Waals surface area contributed by atoms with Crippen molar-refractivity contribution in [3.63, 3.8) is 0 Å². The molecule has 0 aliphatic heterocycles. The molecule has 0 unspecified atom stereocenters. The molecule has 3 N–H and O–H groups in total. The van der Waals surface area contributed by atoms with E-state index in [9.17, 15) is 4.79 Å². The highest BCUT2D eigenvalue weighted by molar-refractivity contribution is 9.09. The molecule has 0 aliphatic carbocycles. The van der Waals surface area contributed by atoms with Gasteiger partial charge >= 0.3 is 5.97 Å². The average Bonchev–Trinajstić information content (AvgIpc) is 2.37. The lowest BCUT2D eigenvalue weighted by Gasteiger charge is -2.14. The summed E-state index contributed by atoms with van der Waals surface area (Å²) in [6.07, 6.45) is 0.382. The molecular formula is C12H15Br2NO3. The molecule has 0 aliphatic rings. The van der Waals surface area contributed by atoms with Crippen molar-refractivity contribution in [3.8, 4) is 5.75 Å². The van der Waals surface area contributed by atoms with Crippen LogP contribution in [0.1, 0.15) is 5.56 Å². The van der Waals surface area contributed by atoms with E-state index in [-0.39, 0.29) is 6.10 Å². The number of carbonyl (C=O) groups is 1. The highest BCUT2D eigenvalue weighted by Gasteiger charge is 2.12. The van der Waals surface area contributed by atoms with Gasteiger partial charge in [-0.3, -0.25) is 4.79 Å². The van der Waals surface area contributed by atoms with E-state index < -0.39 is 12.0 Å². The second kappa shape index (κ2) is 7.76. The monoisotopic (exact) mass is 379 g/mol. The van der Waals surface area contributed by atoms with Crippen molar-refractivity contribution in [2.75, 3.05) is 10.7 Å². The number of aliphatic carboxylic acids is 1. The van der Waals surface area contributed by atoms with Gasteiger partial charge in [-0.25, -0.2) is 0 Å². The Morgan fingerprint density at radius 1 is 1.28 bits per heavy atom. The fraction of sp³-hybridized carbons (Fsp3) is 0.417. The predicted molar refractivity (Wildman–Crippen MR) is 77.8 cm³/mol. The van der Waals surface area contributed by atoms with E-state index >= 15 is 0 Å². The molecule has 4 nitrogen and oxygen atoms in total. The fourth-order valence-electron chi connectivity index (χ4n) is 1.34. The van der Waals surface area contributed by atoms with Crippen molar-refractivity contribution in [1.29, 1.82) is 0 Å². The van der Waals surface area contributed by atoms with Crippen LogP contribution in [0.4, 0.5) is 0 Å². The zero-order chi connectivity index (χ0) is 13.5. The molecule has 1 rings (SSSR count). The Morgan fingerprint density at radius 2 is 1.83 bits per heavy atom. The molecular weight excluding hydrogens is 366 g/mol. The molecule has 100 valence electrons. The molecule has 0 saturated carbocycles. The Labute approximate surface area is 123 Å². The largest absolute Gasteiger partial charge is 0.489 e. The van der Waals surface area contributed by atoms with Gasteiger partial charge in [-0.05, 0) is 24.1 Å². The van der Waals surface area contributed by atoms with Crippen LogP contribution in [0.15, 0.2) is 24.3 Å². The predicted octanol–water partition coefficient (Wildman–Crippen LogP) is 2.18. The Kier molecular flexibility index (Phi) is 6.67. The summed E-state index contributed by atoms with van der Waals surface area (Å²) in [7, 11) is 0. The van der Waals surface area contributed by atoms with Crippen molar-refractivity contribution in [1.82, 2.24) is 0 Å². The van der Waals surface area contributed by atoms with E-state index in [1.54, 1.807) is 0 Å². The smallest absolute Gasteiger partial charge is 0.320 e. The highest BCUT2D eigenvalue weighted by atomic mass is 79.9. The molecule has 0 radical (unpaired) electrons. The Hall–Kier alpha value is -0.590. The summed E-state index contributed by atoms with van der Waals surface area (Å²) >= 11 is 6.72. The van der Waals surface area contributed by atoms with Gasteiger partial charge < -0.3 is 15.6 Å². The maximum absolute atomic E-state index is 10.6. The van der Waals surface area contributed by atoms with Crippen LogP contribution in [0.25, 0.3) is 0 Å². The van der Waals surface area contributed by atoms with Crippen molar-refractivity contribution >= 4 is 37.8 Å². The number of rotatable bonds is 7. The van der Waals surface area contributed by atoms with E-state index in [4.69, 9.17) is 15.6 Å². The van der Waals surface area contributed by atoms with E-state index in [0.717, 1.165) is 22.0 Å². The number of hydrogen-bond acceptors (Lipinski definition) is 3. The van der Waals surface area contributed by atoms with Crippen molar-refractivity contribution in [3.05, 3.63) is 29.8 Å². The minimum atomic E-state index is -0.992. The second-order valence-electron chi connectivity index (χ2n) is 3.84. The van der Waals surface area contributed by atoms with Gasteiger partial charge in [0, 0.05) is 10.7 Å². The van der Waals surface area contributed by atoms with Crippen LogP contribution < -0.4 is 10.5 Å². The Morgan fingerprint density at radius 3 is 2.28 bits per heavy atom. The summed E-state index contributed by atoms with van der Waals surface area (Å²) < 4.78 is 5.68. The summed E-state index contributed by atoms with van der Waals surface area (Å²) in [5.41, 5.74) is 6.35. The van der Waals surface area contributed by atoms with Gasteiger partial charge in [0.1, 0.15) is 17.9 Å². The first-order chi connectivity index (χ1) is 8.56. The van der Waals surface area contributed by atoms with Crippen LogP contribution in [0, 0.1) is 0 Å². The second-order valence-corrected chi connectivity index (χ2v) is 5.14. The highest BCUT2D eigenvalue weighted by Crippen LogP contribution is 2.16. The molecule has 0 bridgehead atoms. The van der Waals surface area contributed by atoms with Crippen molar-refractivity contribution in [2.24, 2.45) is 5.73 Å². The number of benzene rings is 1. The number of carboxylic acids is 1. The molecule has 1 aromatic rings. The van der Waals surface area contributed by atoms with Crippen LogP contribution in [-0.4, -0.2) is 33.9 Å². The van der Waals surface area contributed by atoms with Gasteiger partial charge in [0.2, 0.25) is 0 Å². The normalized spacial score (nSPS) is 12.4. The fourth-order valence-corrected chi connectivity index (χ4v) is 2.68. The molecule has 0 amide bonds. The molecule has 1 atom stereocenters. The molecule has 18 heavy (non-hydrogen) atoms. The van der Waals surface area contributed by atoms with Gasteiger partial charge in [-0.2, -0.15) is 0 Å². The van der Waals surface area contributed by atoms with Crippen LogP contribution in [0.5, 0.6) is 5.75 Å². The Balaban J connectivity index is 2.59. The van der Waals surface area contributed by atoms with Gasteiger partial charge in [0.15, 0.2) is 0 Å². The van der Waals surface area contributed by atoms with Crippen LogP contribution in [0.2, 0.25) is 0 Å². The number of carboxylic acid groups (broad SMARTS) is 1. The molecule has 0 fully saturated rings. The molecule has 6 heteroatoms. The number of nitrogens with two attached hydrogens (primary N) is 1. The number of hydrogen-bond donors (Lipinski definition) is 2. The SMILES string of the molecule is N[C@@H](Cc1ccc(OC(CBr)CBr)cc1)C(=O)O. The summed E-state index contributed by atoms with van der Waals surface area (Å²) in [6, 6.07) is 6.44. The van der Waals surface area contributed by atoms with E-state index in [2.05, 4.69) is 31.9 Å². The first-order valence-corrected chi connectivity index (χ1v) is 7.67. The van der Waals surface area contributed by atoms with Gasteiger partial charge in [-0.15, -0.1) is 0 Å².